The first kappa shape index (κ1) is 22.3. The number of anilines is 1. The molecule has 0 spiro atoms. The molecule has 11 heteroatoms. The van der Waals surface area contributed by atoms with Crippen LogP contribution < -0.4 is 10.2 Å². The fraction of sp³-hybridized carbons (Fsp3) is 0.0455. The molecule has 4 rings (SSSR count). The lowest BCUT2D eigenvalue weighted by Gasteiger charge is -2.27. The summed E-state index contributed by atoms with van der Waals surface area (Å²) in [6.07, 6.45) is 1.19. The van der Waals surface area contributed by atoms with Gasteiger partial charge in [-0.05, 0) is 55.0 Å². The Bertz CT molecular complexity index is 1380. The molecule has 1 fully saturated rings. The molecular formula is C22H13Cl2N3O6. The second-order valence-electron chi connectivity index (χ2n) is 7.01. The standard InChI is InChI=1S/C22H13Cl2N3O6/c1-11-2-4-13(23)9-17(11)26-21(29)15(20(28)25-22(26)30)10-14-5-7-19(33-14)12-3-6-16(24)18(8-12)27(31)32/h2-10H,1H3,(H,25,28,30)/b15-10+. The van der Waals surface area contributed by atoms with E-state index in [4.69, 9.17) is 27.6 Å². The number of nitrogens with one attached hydrogen (secondary N) is 1. The van der Waals surface area contributed by atoms with E-state index in [0.29, 0.717) is 16.1 Å². The van der Waals surface area contributed by atoms with Crippen LogP contribution in [0.4, 0.5) is 16.2 Å². The van der Waals surface area contributed by atoms with Crippen molar-refractivity contribution in [3.05, 3.63) is 85.6 Å². The largest absolute Gasteiger partial charge is 0.457 e. The molecule has 1 aromatic heterocycles. The van der Waals surface area contributed by atoms with Gasteiger partial charge in [0.05, 0.1) is 10.6 Å². The maximum atomic E-state index is 13.1. The van der Waals surface area contributed by atoms with E-state index in [1.54, 1.807) is 19.1 Å². The van der Waals surface area contributed by atoms with Crippen molar-refractivity contribution in [2.24, 2.45) is 0 Å². The predicted molar refractivity (Wildman–Crippen MR) is 121 cm³/mol. The lowest BCUT2D eigenvalue weighted by Crippen LogP contribution is -2.54. The Morgan fingerprint density at radius 1 is 1.06 bits per heavy atom. The van der Waals surface area contributed by atoms with E-state index < -0.39 is 22.8 Å². The minimum atomic E-state index is -0.902. The van der Waals surface area contributed by atoms with E-state index >= 15 is 0 Å². The average molecular weight is 486 g/mol. The van der Waals surface area contributed by atoms with E-state index in [0.717, 1.165) is 4.90 Å². The number of hydrogen-bond donors (Lipinski definition) is 1. The van der Waals surface area contributed by atoms with Crippen LogP contribution in [0, 0.1) is 17.0 Å². The molecule has 33 heavy (non-hydrogen) atoms. The van der Waals surface area contributed by atoms with Crippen LogP contribution in [0.5, 0.6) is 0 Å². The zero-order valence-corrected chi connectivity index (χ0v) is 18.3. The summed E-state index contributed by atoms with van der Waals surface area (Å²) in [5, 5.41) is 13.5. The van der Waals surface area contributed by atoms with Gasteiger partial charge in [-0.3, -0.25) is 25.0 Å². The van der Waals surface area contributed by atoms with Crippen LogP contribution in [0.15, 0.2) is 58.5 Å². The fourth-order valence-corrected chi connectivity index (χ4v) is 3.59. The van der Waals surface area contributed by atoms with E-state index in [9.17, 15) is 24.5 Å². The van der Waals surface area contributed by atoms with Crippen LogP contribution in [0.2, 0.25) is 10.0 Å². The van der Waals surface area contributed by atoms with E-state index in [2.05, 4.69) is 5.32 Å². The van der Waals surface area contributed by atoms with Gasteiger partial charge in [-0.1, -0.05) is 29.3 Å². The number of furan rings is 1. The van der Waals surface area contributed by atoms with Gasteiger partial charge in [-0.15, -0.1) is 0 Å². The zero-order valence-electron chi connectivity index (χ0n) is 16.8. The molecule has 0 saturated carbocycles. The molecular weight excluding hydrogens is 473 g/mol. The highest BCUT2D eigenvalue weighted by Crippen LogP contribution is 2.32. The van der Waals surface area contributed by atoms with Crippen molar-refractivity contribution in [2.45, 2.75) is 6.92 Å². The molecule has 0 aliphatic carbocycles. The Balaban J connectivity index is 1.70. The molecule has 9 nitrogen and oxygen atoms in total. The lowest BCUT2D eigenvalue weighted by molar-refractivity contribution is -0.384. The first-order chi connectivity index (χ1) is 15.7. The Kier molecular flexibility index (Phi) is 5.75. The molecule has 166 valence electrons. The monoisotopic (exact) mass is 485 g/mol. The molecule has 0 radical (unpaired) electrons. The second kappa shape index (κ2) is 8.53. The van der Waals surface area contributed by atoms with E-state index in [-0.39, 0.29) is 33.5 Å². The third-order valence-electron chi connectivity index (χ3n) is 4.85. The summed E-state index contributed by atoms with van der Waals surface area (Å²) >= 11 is 11.8. The molecule has 1 saturated heterocycles. The smallest absolute Gasteiger partial charge is 0.335 e. The summed E-state index contributed by atoms with van der Waals surface area (Å²) in [4.78, 5) is 49.1. The number of carbonyl (C=O) groups excluding carboxylic acids is 3. The number of nitrogens with zero attached hydrogens (tertiary/aromatic N) is 2. The van der Waals surface area contributed by atoms with Gasteiger partial charge in [0.2, 0.25) is 0 Å². The number of aryl methyl sites for hydroxylation is 1. The highest BCUT2D eigenvalue weighted by Gasteiger charge is 2.37. The van der Waals surface area contributed by atoms with E-state index in [1.165, 1.54) is 42.5 Å². The number of carbonyl (C=O) groups is 3. The number of amides is 4. The van der Waals surface area contributed by atoms with Gasteiger partial charge in [0.25, 0.3) is 17.5 Å². The topological polar surface area (TPSA) is 123 Å². The molecule has 2 aromatic carbocycles. The molecule has 2 heterocycles. The molecule has 0 atom stereocenters. The summed E-state index contributed by atoms with van der Waals surface area (Å²) in [5.74, 6) is -1.36. The van der Waals surface area contributed by atoms with Gasteiger partial charge in [-0.25, -0.2) is 9.69 Å². The summed E-state index contributed by atoms with van der Waals surface area (Å²) in [6.45, 7) is 1.69. The number of imide groups is 2. The number of urea groups is 1. The van der Waals surface area contributed by atoms with Gasteiger partial charge in [0, 0.05) is 16.7 Å². The van der Waals surface area contributed by atoms with Crippen molar-refractivity contribution in [2.75, 3.05) is 4.90 Å². The van der Waals surface area contributed by atoms with Crippen LogP contribution in [-0.2, 0) is 9.59 Å². The van der Waals surface area contributed by atoms with Gasteiger partial charge >= 0.3 is 6.03 Å². The molecule has 0 bridgehead atoms. The van der Waals surface area contributed by atoms with Crippen LogP contribution in [-0.4, -0.2) is 22.8 Å². The molecule has 3 aromatic rings. The number of barbiturate groups is 1. The maximum Gasteiger partial charge on any atom is 0.335 e. The molecule has 1 N–H and O–H groups in total. The number of rotatable bonds is 4. The maximum absolute atomic E-state index is 13.1. The zero-order chi connectivity index (χ0) is 23.9. The van der Waals surface area contributed by atoms with Crippen molar-refractivity contribution in [1.82, 2.24) is 5.32 Å². The normalized spacial score (nSPS) is 15.2. The van der Waals surface area contributed by atoms with Crippen molar-refractivity contribution >= 4 is 58.5 Å². The van der Waals surface area contributed by atoms with Gasteiger partial charge in [0.1, 0.15) is 22.1 Å². The fourth-order valence-electron chi connectivity index (χ4n) is 3.23. The number of halogens is 2. The SMILES string of the molecule is Cc1ccc(Cl)cc1N1C(=O)NC(=O)/C(=C\c2ccc(-c3ccc(Cl)c([N+](=O)[O-])c3)o2)C1=O. The minimum absolute atomic E-state index is 0.0248. The van der Waals surface area contributed by atoms with Crippen molar-refractivity contribution in [3.63, 3.8) is 0 Å². The Hall–Kier alpha value is -3.95. The summed E-state index contributed by atoms with van der Waals surface area (Å²) in [5.41, 5.74) is 0.579. The third-order valence-corrected chi connectivity index (χ3v) is 5.41. The van der Waals surface area contributed by atoms with Crippen LogP contribution in [0.3, 0.4) is 0 Å². The van der Waals surface area contributed by atoms with Crippen molar-refractivity contribution < 1.29 is 23.7 Å². The summed E-state index contributed by atoms with van der Waals surface area (Å²) in [7, 11) is 0. The van der Waals surface area contributed by atoms with Crippen LogP contribution in [0.1, 0.15) is 11.3 Å². The first-order valence-corrected chi connectivity index (χ1v) is 10.1. The predicted octanol–water partition coefficient (Wildman–Crippen LogP) is 5.14. The number of nitro benzene ring substituents is 1. The van der Waals surface area contributed by atoms with Gasteiger partial charge in [0.15, 0.2) is 0 Å². The van der Waals surface area contributed by atoms with Crippen LogP contribution in [0.25, 0.3) is 17.4 Å². The van der Waals surface area contributed by atoms with Crippen molar-refractivity contribution in [3.8, 4) is 11.3 Å². The average Bonchev–Trinajstić information content (AvgIpc) is 3.22. The molecule has 0 unspecified atom stereocenters. The second-order valence-corrected chi connectivity index (χ2v) is 7.86. The Morgan fingerprint density at radius 2 is 1.82 bits per heavy atom. The van der Waals surface area contributed by atoms with Gasteiger partial charge in [-0.2, -0.15) is 0 Å². The summed E-state index contributed by atoms with van der Waals surface area (Å²) in [6, 6.07) is 10.9. The van der Waals surface area contributed by atoms with Gasteiger partial charge < -0.3 is 4.42 Å². The quantitative estimate of drug-likeness (QED) is 0.236. The number of benzene rings is 2. The highest BCUT2D eigenvalue weighted by molar-refractivity contribution is 6.39. The number of nitro groups is 1. The Morgan fingerprint density at radius 3 is 2.55 bits per heavy atom. The van der Waals surface area contributed by atoms with Crippen LogP contribution >= 0.6 is 23.2 Å². The summed E-state index contributed by atoms with van der Waals surface area (Å²) < 4.78 is 5.66. The first-order valence-electron chi connectivity index (χ1n) is 9.37. The molecule has 4 amide bonds. The molecule has 1 aliphatic rings. The minimum Gasteiger partial charge on any atom is -0.457 e. The molecule has 1 aliphatic heterocycles. The number of hydrogen-bond acceptors (Lipinski definition) is 6. The Labute approximate surface area is 196 Å². The van der Waals surface area contributed by atoms with Crippen molar-refractivity contribution in [1.29, 1.82) is 0 Å². The lowest BCUT2D eigenvalue weighted by atomic mass is 10.1. The highest BCUT2D eigenvalue weighted by atomic mass is 35.5. The van der Waals surface area contributed by atoms with E-state index in [1.807, 2.05) is 0 Å². The third kappa shape index (κ3) is 4.23.